The molecule has 6 N–H and O–H groups in total. The first-order chi connectivity index (χ1) is 34.1. The molecule has 12 heteroatoms. The second-order valence-corrected chi connectivity index (χ2v) is 18.3. The molecule has 0 amide bonds. The third kappa shape index (κ3) is 16.7. The molecule has 4 aromatic heterocycles. The van der Waals surface area contributed by atoms with Gasteiger partial charge in [-0.1, -0.05) is 110 Å². The third-order valence-electron chi connectivity index (χ3n) is 12.5. The van der Waals surface area contributed by atoms with E-state index in [1.54, 1.807) is 0 Å². The number of carbonyl (C=O) groups is 2. The van der Waals surface area contributed by atoms with Crippen molar-refractivity contribution in [1.29, 1.82) is 0 Å². The molecule has 6 rings (SSSR count). The van der Waals surface area contributed by atoms with Crippen molar-refractivity contribution in [1.82, 2.24) is 19.9 Å². The molecular weight excluding hydrogens is 877 g/mol. The van der Waals surface area contributed by atoms with Gasteiger partial charge in [0.25, 0.3) is 0 Å². The first-order valence-electron chi connectivity index (χ1n) is 26.2. The summed E-state index contributed by atoms with van der Waals surface area (Å²) in [5, 5.41) is 19.9. The van der Waals surface area contributed by atoms with Crippen LogP contribution in [0.2, 0.25) is 0 Å². The van der Waals surface area contributed by atoms with E-state index < -0.39 is 11.9 Å². The number of nitrogens with zero attached hydrogens (tertiary/aromatic N) is 2. The lowest BCUT2D eigenvalue weighted by atomic mass is 10.1. The van der Waals surface area contributed by atoms with E-state index in [0.29, 0.717) is 53.2 Å². The number of aromatic amines is 4. The molecule has 0 aromatic carbocycles. The van der Waals surface area contributed by atoms with Crippen LogP contribution in [0.4, 0.5) is 0 Å². The zero-order chi connectivity index (χ0) is 50.1. The molecular formula is C58H80N6O6. The summed E-state index contributed by atoms with van der Waals surface area (Å²) in [6.07, 6.45) is 39.4. The topological polar surface area (TPSA) is 181 Å². The van der Waals surface area contributed by atoms with Gasteiger partial charge in [0, 0.05) is 22.8 Å². The van der Waals surface area contributed by atoms with Gasteiger partial charge >= 0.3 is 11.9 Å². The average Bonchev–Trinajstić information content (AvgIpc) is 4.22. The minimum absolute atomic E-state index is 0.131. The van der Waals surface area contributed by atoms with E-state index in [2.05, 4.69) is 52.5 Å². The van der Waals surface area contributed by atoms with Crippen molar-refractivity contribution in [2.75, 3.05) is 13.2 Å². The standard InChI is InChI=1S/C30H43N3O3.C28H37N3O3/c1-4-7-8-9-10-11-12-13-14-16-23-17-18-24(31-23)21-26-29(36-6-3)27(30(34)35)28(33-26)25-20-19-22(32-25)15-5-2;1-4-6-7-8-9-10-11-12-13-14-21-16-17-22(30-21)19-24-27(34-5-2)25(28(32)33)26(31-24)23-18-15-20(3)29-23/h17-21,32-33H,4-16H2,1-3H3,(H,34,35);4,15-19,29,31H,1,5-14H2,2-3H3,(H,32,33). The van der Waals surface area contributed by atoms with Crippen LogP contribution in [-0.2, 0) is 6.42 Å². The van der Waals surface area contributed by atoms with Crippen LogP contribution in [0, 0.1) is 6.92 Å². The second kappa shape index (κ2) is 29.7. The predicted molar refractivity (Wildman–Crippen MR) is 289 cm³/mol. The molecule has 2 aliphatic heterocycles. The fourth-order valence-electron chi connectivity index (χ4n) is 8.93. The SMILES string of the molecule is C=CCCCCCCCCCC1=NC(=Cc2[nH]c(-c3ccc(C)[nH]3)c(C(=O)O)c2OCC)C=C1.CCCCCCCCCCCC1=NC(=Cc2[nH]c(-c3ccc(CCC)[nH]3)c(C(=O)O)c2OCC)C=C1. The van der Waals surface area contributed by atoms with Crippen molar-refractivity contribution in [3.63, 3.8) is 0 Å². The van der Waals surface area contributed by atoms with Crippen LogP contribution in [0.3, 0.4) is 0 Å². The van der Waals surface area contributed by atoms with E-state index in [-0.39, 0.29) is 11.1 Å². The highest BCUT2D eigenvalue weighted by Gasteiger charge is 2.27. The molecule has 0 bridgehead atoms. The molecule has 12 nitrogen and oxygen atoms in total. The van der Waals surface area contributed by atoms with Gasteiger partial charge in [-0.2, -0.15) is 0 Å². The van der Waals surface area contributed by atoms with Crippen molar-refractivity contribution >= 4 is 35.5 Å². The van der Waals surface area contributed by atoms with E-state index in [1.807, 2.05) is 75.4 Å². The molecule has 70 heavy (non-hydrogen) atoms. The van der Waals surface area contributed by atoms with E-state index in [4.69, 9.17) is 19.5 Å². The number of aliphatic imine (C=N–C) groups is 2. The van der Waals surface area contributed by atoms with Crippen molar-refractivity contribution < 1.29 is 29.3 Å². The van der Waals surface area contributed by atoms with Crippen molar-refractivity contribution in [3.05, 3.63) is 107 Å². The molecule has 2 aliphatic rings. The fraction of sp³-hybridized carbons (Fsp3) is 0.483. The minimum Gasteiger partial charge on any atom is -0.491 e. The van der Waals surface area contributed by atoms with Gasteiger partial charge < -0.3 is 39.6 Å². The Morgan fingerprint density at radius 1 is 0.557 bits per heavy atom. The first-order valence-corrected chi connectivity index (χ1v) is 26.2. The number of aromatic nitrogens is 4. The number of unbranched alkanes of at least 4 members (excludes halogenated alkanes) is 15. The molecule has 4 aromatic rings. The number of H-pyrrole nitrogens is 4. The summed E-state index contributed by atoms with van der Waals surface area (Å²) in [5.41, 5.74) is 9.82. The Bertz CT molecular complexity index is 2480. The van der Waals surface area contributed by atoms with E-state index in [0.717, 1.165) is 84.8 Å². The summed E-state index contributed by atoms with van der Waals surface area (Å²) < 4.78 is 11.6. The Labute approximate surface area is 416 Å². The maximum absolute atomic E-state index is 12.2. The second-order valence-electron chi connectivity index (χ2n) is 18.3. The number of hydrogen-bond donors (Lipinski definition) is 6. The number of ether oxygens (including phenoxy) is 2. The van der Waals surface area contributed by atoms with Gasteiger partial charge in [0.1, 0.15) is 11.1 Å². The summed E-state index contributed by atoms with van der Waals surface area (Å²) in [6, 6.07) is 7.71. The van der Waals surface area contributed by atoms with Crippen LogP contribution in [-0.4, -0.2) is 66.7 Å². The minimum atomic E-state index is -1.03. The van der Waals surface area contributed by atoms with Crippen LogP contribution in [0.1, 0.15) is 200 Å². The van der Waals surface area contributed by atoms with Gasteiger partial charge in [0.2, 0.25) is 0 Å². The van der Waals surface area contributed by atoms with Gasteiger partial charge in [0.15, 0.2) is 11.5 Å². The lowest BCUT2D eigenvalue weighted by molar-refractivity contribution is 0.0682. The Morgan fingerprint density at radius 3 is 1.44 bits per heavy atom. The van der Waals surface area contributed by atoms with Crippen LogP contribution in [0.25, 0.3) is 34.9 Å². The summed E-state index contributed by atoms with van der Waals surface area (Å²) in [7, 11) is 0. The van der Waals surface area contributed by atoms with Gasteiger partial charge in [0.05, 0.1) is 58.8 Å². The maximum Gasteiger partial charge on any atom is 0.341 e. The van der Waals surface area contributed by atoms with Gasteiger partial charge in [-0.3, -0.25) is 9.98 Å². The maximum atomic E-state index is 12.2. The van der Waals surface area contributed by atoms with Crippen molar-refractivity contribution in [2.24, 2.45) is 9.98 Å². The number of carboxylic acids is 2. The van der Waals surface area contributed by atoms with E-state index >= 15 is 0 Å². The number of aromatic carboxylic acids is 2. The Balaban J connectivity index is 0.000000261. The number of rotatable bonds is 32. The average molecular weight is 957 g/mol. The fourth-order valence-corrected chi connectivity index (χ4v) is 8.93. The molecule has 0 radical (unpaired) electrons. The Hall–Kier alpha value is -6.30. The summed E-state index contributed by atoms with van der Waals surface area (Å²) in [5.74, 6) is -1.35. The summed E-state index contributed by atoms with van der Waals surface area (Å²) in [6.45, 7) is 14.5. The smallest absolute Gasteiger partial charge is 0.341 e. The van der Waals surface area contributed by atoms with Crippen LogP contribution in [0.5, 0.6) is 11.5 Å². The Morgan fingerprint density at radius 2 is 1.01 bits per heavy atom. The first kappa shape index (κ1) is 54.6. The number of carboxylic acid groups (broad SMARTS) is 2. The molecule has 378 valence electrons. The lowest BCUT2D eigenvalue weighted by Crippen LogP contribution is -2.02. The highest BCUT2D eigenvalue weighted by atomic mass is 16.5. The quantitative estimate of drug-likeness (QED) is 0.0209. The normalized spacial score (nSPS) is 14.1. The van der Waals surface area contributed by atoms with E-state index in [1.165, 1.54) is 89.9 Å². The number of allylic oxidation sites excluding steroid dienone is 5. The highest BCUT2D eigenvalue weighted by Crippen LogP contribution is 2.37. The Kier molecular flexibility index (Phi) is 23.2. The lowest BCUT2D eigenvalue weighted by Gasteiger charge is -2.04. The van der Waals surface area contributed by atoms with Crippen molar-refractivity contribution in [3.8, 4) is 34.3 Å². The molecule has 0 saturated carbocycles. The monoisotopic (exact) mass is 957 g/mol. The van der Waals surface area contributed by atoms with Crippen molar-refractivity contribution in [2.45, 2.75) is 169 Å². The van der Waals surface area contributed by atoms with Gasteiger partial charge in [-0.15, -0.1) is 6.58 Å². The number of hydrogen-bond acceptors (Lipinski definition) is 6. The molecule has 0 fully saturated rings. The van der Waals surface area contributed by atoms with Crippen LogP contribution in [0.15, 0.2) is 82.6 Å². The molecule has 0 unspecified atom stereocenters. The highest BCUT2D eigenvalue weighted by molar-refractivity contribution is 6.02. The molecule has 0 aliphatic carbocycles. The number of nitrogens with one attached hydrogen (secondary N) is 4. The summed E-state index contributed by atoms with van der Waals surface area (Å²) in [4.78, 5) is 46.9. The number of aryl methyl sites for hydroxylation is 2. The predicted octanol–water partition coefficient (Wildman–Crippen LogP) is 15.8. The third-order valence-corrected chi connectivity index (χ3v) is 12.5. The zero-order valence-electron chi connectivity index (χ0n) is 42.7. The molecule has 0 saturated heterocycles. The van der Waals surface area contributed by atoms with Crippen LogP contribution >= 0.6 is 0 Å². The van der Waals surface area contributed by atoms with Crippen LogP contribution < -0.4 is 9.47 Å². The molecule has 6 heterocycles. The van der Waals surface area contributed by atoms with Gasteiger partial charge in [-0.25, -0.2) is 9.59 Å². The zero-order valence-corrected chi connectivity index (χ0v) is 42.7. The van der Waals surface area contributed by atoms with Gasteiger partial charge in [-0.05, 0) is 126 Å². The molecule has 0 atom stereocenters. The summed E-state index contributed by atoms with van der Waals surface area (Å²) >= 11 is 0. The molecule has 0 spiro atoms. The van der Waals surface area contributed by atoms with E-state index in [9.17, 15) is 19.8 Å². The largest absolute Gasteiger partial charge is 0.491 e.